The molecule has 0 spiro atoms. The molecule has 3 amide bonds. The van der Waals surface area contributed by atoms with E-state index in [0.717, 1.165) is 17.5 Å². The van der Waals surface area contributed by atoms with Crippen LogP contribution >= 0.6 is 0 Å². The summed E-state index contributed by atoms with van der Waals surface area (Å²) in [6, 6.07) is 26.9. The fourth-order valence-corrected chi connectivity index (χ4v) is 3.62. The van der Waals surface area contributed by atoms with E-state index in [1.165, 1.54) is 13.0 Å². The number of ketones is 1. The van der Waals surface area contributed by atoms with Crippen LogP contribution in [0, 0.1) is 0 Å². The molecule has 0 fully saturated rings. The smallest absolute Gasteiger partial charge is 0.319 e. The van der Waals surface area contributed by atoms with Crippen molar-refractivity contribution in [2.45, 2.75) is 38.3 Å². The fourth-order valence-electron chi connectivity index (χ4n) is 3.62. The van der Waals surface area contributed by atoms with Gasteiger partial charge in [0.05, 0.1) is 0 Å². The van der Waals surface area contributed by atoms with E-state index in [4.69, 9.17) is 0 Å². The zero-order valence-corrected chi connectivity index (χ0v) is 19.8. The minimum absolute atomic E-state index is 0.0924. The Kier molecular flexibility index (Phi) is 9.81. The Morgan fingerprint density at radius 2 is 1.34 bits per heavy atom. The highest BCUT2D eigenvalue weighted by atomic mass is 16.2. The molecule has 0 bridgehead atoms. The van der Waals surface area contributed by atoms with E-state index < -0.39 is 12.1 Å². The van der Waals surface area contributed by atoms with Crippen LogP contribution in [0.5, 0.6) is 0 Å². The Hall–Kier alpha value is -4.19. The van der Waals surface area contributed by atoms with E-state index in [9.17, 15) is 14.4 Å². The van der Waals surface area contributed by atoms with Gasteiger partial charge in [0.15, 0.2) is 5.78 Å². The third-order valence-corrected chi connectivity index (χ3v) is 5.41. The van der Waals surface area contributed by atoms with Crippen LogP contribution in [0.2, 0.25) is 0 Å². The van der Waals surface area contributed by atoms with Gasteiger partial charge in [0, 0.05) is 18.2 Å². The van der Waals surface area contributed by atoms with E-state index >= 15 is 0 Å². The number of hydrogen-bond acceptors (Lipinski definition) is 3. The third kappa shape index (κ3) is 9.29. The number of aryl methyl sites for hydroxylation is 1. The summed E-state index contributed by atoms with van der Waals surface area (Å²) in [5, 5.41) is 8.58. The number of para-hydroxylation sites is 1. The molecule has 35 heavy (non-hydrogen) atoms. The van der Waals surface area contributed by atoms with Crippen LogP contribution in [0.15, 0.2) is 103 Å². The summed E-state index contributed by atoms with van der Waals surface area (Å²) < 4.78 is 0. The zero-order valence-electron chi connectivity index (χ0n) is 19.8. The number of amides is 3. The maximum Gasteiger partial charge on any atom is 0.319 e. The molecule has 0 saturated carbocycles. The van der Waals surface area contributed by atoms with Crippen molar-refractivity contribution in [3.8, 4) is 0 Å². The molecule has 3 N–H and O–H groups in total. The molecule has 0 aliphatic carbocycles. The highest BCUT2D eigenvalue weighted by molar-refractivity contribution is 5.94. The molecular formula is C29H31N3O3. The number of urea groups is 1. The molecule has 180 valence electrons. The van der Waals surface area contributed by atoms with E-state index in [1.54, 1.807) is 18.2 Å². The van der Waals surface area contributed by atoms with Gasteiger partial charge in [-0.25, -0.2) is 4.79 Å². The summed E-state index contributed by atoms with van der Waals surface area (Å²) >= 11 is 0. The van der Waals surface area contributed by atoms with E-state index in [2.05, 4.69) is 16.0 Å². The second kappa shape index (κ2) is 13.5. The van der Waals surface area contributed by atoms with Crippen molar-refractivity contribution in [1.82, 2.24) is 10.6 Å². The first-order valence-corrected chi connectivity index (χ1v) is 11.7. The number of anilines is 1. The molecule has 0 aliphatic rings. The molecule has 6 heteroatoms. The predicted molar refractivity (Wildman–Crippen MR) is 139 cm³/mol. The molecule has 6 nitrogen and oxygen atoms in total. The summed E-state index contributed by atoms with van der Waals surface area (Å²) in [5.41, 5.74) is 2.70. The molecule has 0 radical (unpaired) electrons. The summed E-state index contributed by atoms with van der Waals surface area (Å²) in [6.07, 6.45) is 4.87. The SMILES string of the molecule is CC(=O)/C=C/[C@H](CCc1ccccc1)NC(=O)[C@H](Cc1ccccc1)NC(=O)Nc1ccccc1. The minimum atomic E-state index is -0.800. The van der Waals surface area contributed by atoms with Crippen molar-refractivity contribution < 1.29 is 14.4 Å². The van der Waals surface area contributed by atoms with Crippen LogP contribution in [-0.2, 0) is 22.4 Å². The van der Waals surface area contributed by atoms with Gasteiger partial charge in [0.25, 0.3) is 0 Å². The van der Waals surface area contributed by atoms with E-state index in [1.807, 2.05) is 78.9 Å². The topological polar surface area (TPSA) is 87.3 Å². The largest absolute Gasteiger partial charge is 0.348 e. The molecule has 0 unspecified atom stereocenters. The zero-order chi connectivity index (χ0) is 24.9. The monoisotopic (exact) mass is 469 g/mol. The van der Waals surface area contributed by atoms with Gasteiger partial charge >= 0.3 is 6.03 Å². The van der Waals surface area contributed by atoms with Crippen LogP contribution in [-0.4, -0.2) is 29.8 Å². The lowest BCUT2D eigenvalue weighted by molar-refractivity contribution is -0.123. The quantitative estimate of drug-likeness (QED) is 0.356. The highest BCUT2D eigenvalue weighted by Crippen LogP contribution is 2.10. The lowest BCUT2D eigenvalue weighted by Gasteiger charge is -2.22. The first-order chi connectivity index (χ1) is 17.0. The van der Waals surface area contributed by atoms with Crippen molar-refractivity contribution >= 4 is 23.4 Å². The van der Waals surface area contributed by atoms with Crippen LogP contribution < -0.4 is 16.0 Å². The lowest BCUT2D eigenvalue weighted by Crippen LogP contribution is -2.51. The molecule has 0 heterocycles. The average molecular weight is 470 g/mol. The molecule has 0 aliphatic heterocycles. The Labute approximate surface area is 206 Å². The van der Waals surface area contributed by atoms with Gasteiger partial charge in [0.2, 0.25) is 5.91 Å². The van der Waals surface area contributed by atoms with Gasteiger partial charge in [-0.3, -0.25) is 9.59 Å². The van der Waals surface area contributed by atoms with E-state index in [-0.39, 0.29) is 17.7 Å². The molecule has 3 aromatic carbocycles. The second-order valence-electron chi connectivity index (χ2n) is 8.32. The molecule has 3 aromatic rings. The molecule has 2 atom stereocenters. The number of allylic oxidation sites excluding steroid dienone is 1. The predicted octanol–water partition coefficient (Wildman–Crippen LogP) is 4.68. The molecule has 0 saturated heterocycles. The standard InChI is InChI=1S/C29H31N3O3/c1-22(33)17-19-26(20-18-23-11-5-2-6-12-23)30-28(34)27(21-24-13-7-3-8-14-24)32-29(35)31-25-15-9-4-10-16-25/h2-17,19,26-27H,18,20-21H2,1H3,(H,30,34)(H2,31,32,35)/b19-17+/t26-,27+/m1/s1. The number of carbonyl (C=O) groups excluding carboxylic acids is 3. The van der Waals surface area contributed by atoms with Crippen molar-refractivity contribution in [2.75, 3.05) is 5.32 Å². The van der Waals surface area contributed by atoms with Gasteiger partial charge in [-0.15, -0.1) is 0 Å². The maximum atomic E-state index is 13.3. The summed E-state index contributed by atoms with van der Waals surface area (Å²) in [7, 11) is 0. The Morgan fingerprint density at radius 3 is 1.94 bits per heavy atom. The maximum absolute atomic E-state index is 13.3. The molecule has 3 rings (SSSR count). The third-order valence-electron chi connectivity index (χ3n) is 5.41. The fraction of sp³-hybridized carbons (Fsp3) is 0.207. The molecule has 0 aromatic heterocycles. The number of hydrogen-bond donors (Lipinski definition) is 3. The lowest BCUT2D eigenvalue weighted by atomic mass is 10.0. The van der Waals surface area contributed by atoms with Crippen LogP contribution in [0.3, 0.4) is 0 Å². The van der Waals surface area contributed by atoms with Gasteiger partial charge in [-0.05, 0) is 49.1 Å². The Bertz CT molecular complexity index is 1120. The Balaban J connectivity index is 1.72. The first-order valence-electron chi connectivity index (χ1n) is 11.7. The minimum Gasteiger partial charge on any atom is -0.348 e. The van der Waals surface area contributed by atoms with Crippen LogP contribution in [0.1, 0.15) is 24.5 Å². The van der Waals surface area contributed by atoms with Crippen molar-refractivity contribution in [2.24, 2.45) is 0 Å². The Morgan fingerprint density at radius 1 is 0.771 bits per heavy atom. The van der Waals surface area contributed by atoms with Crippen molar-refractivity contribution in [3.63, 3.8) is 0 Å². The summed E-state index contributed by atoms with van der Waals surface area (Å²) in [5.74, 6) is -0.409. The first kappa shape index (κ1) is 25.4. The summed E-state index contributed by atoms with van der Waals surface area (Å²) in [6.45, 7) is 1.47. The number of carbonyl (C=O) groups is 3. The number of benzene rings is 3. The van der Waals surface area contributed by atoms with Gasteiger partial charge < -0.3 is 16.0 Å². The van der Waals surface area contributed by atoms with Crippen LogP contribution in [0.4, 0.5) is 10.5 Å². The second-order valence-corrected chi connectivity index (χ2v) is 8.32. The average Bonchev–Trinajstić information content (AvgIpc) is 2.87. The van der Waals surface area contributed by atoms with Crippen molar-refractivity contribution in [1.29, 1.82) is 0 Å². The number of rotatable bonds is 11. The van der Waals surface area contributed by atoms with Gasteiger partial charge in [-0.1, -0.05) is 84.9 Å². The number of nitrogens with one attached hydrogen (secondary N) is 3. The van der Waals surface area contributed by atoms with Crippen LogP contribution in [0.25, 0.3) is 0 Å². The van der Waals surface area contributed by atoms with Gasteiger partial charge in [-0.2, -0.15) is 0 Å². The van der Waals surface area contributed by atoms with Gasteiger partial charge in [0.1, 0.15) is 6.04 Å². The molecular weight excluding hydrogens is 438 g/mol. The summed E-state index contributed by atoms with van der Waals surface area (Å²) in [4.78, 5) is 37.5. The highest BCUT2D eigenvalue weighted by Gasteiger charge is 2.23. The van der Waals surface area contributed by atoms with E-state index in [0.29, 0.717) is 18.5 Å². The normalized spacial score (nSPS) is 12.5. The van der Waals surface area contributed by atoms with Crippen molar-refractivity contribution in [3.05, 3.63) is 114 Å².